The van der Waals surface area contributed by atoms with E-state index in [2.05, 4.69) is 15.3 Å². The van der Waals surface area contributed by atoms with Gasteiger partial charge in [0.05, 0.1) is 16.8 Å². The highest BCUT2D eigenvalue weighted by molar-refractivity contribution is 7.21. The molecular weight excluding hydrogens is 346 g/mol. The number of benzene rings is 1. The van der Waals surface area contributed by atoms with Gasteiger partial charge in [0.2, 0.25) is 5.95 Å². The predicted octanol–water partition coefficient (Wildman–Crippen LogP) is 3.27. The number of nitrogens with zero attached hydrogens (tertiary/aromatic N) is 2. The van der Waals surface area contributed by atoms with Crippen molar-refractivity contribution in [1.82, 2.24) is 9.97 Å². The van der Waals surface area contributed by atoms with Crippen molar-refractivity contribution in [3.05, 3.63) is 34.2 Å². The Hall–Kier alpha value is -2.38. The molecule has 0 aliphatic heterocycles. The van der Waals surface area contributed by atoms with E-state index in [1.807, 2.05) is 18.2 Å². The normalized spacial score (nSPS) is 14.0. The third-order valence-corrected chi connectivity index (χ3v) is 5.17. The second-order valence-corrected chi connectivity index (χ2v) is 7.15. The molecule has 3 aromatic rings. The van der Waals surface area contributed by atoms with E-state index in [-0.39, 0.29) is 0 Å². The van der Waals surface area contributed by atoms with Gasteiger partial charge in [-0.25, -0.2) is 9.97 Å². The summed E-state index contributed by atoms with van der Waals surface area (Å²) in [5.74, 6) is -0.0403. The van der Waals surface area contributed by atoms with Crippen LogP contribution in [0, 0.1) is 0 Å². The molecule has 2 heterocycles. The van der Waals surface area contributed by atoms with E-state index < -0.39 is 5.91 Å². The van der Waals surface area contributed by atoms with Gasteiger partial charge in [-0.05, 0) is 25.0 Å². The Bertz CT molecular complexity index is 967. The maximum atomic E-state index is 11.6. The van der Waals surface area contributed by atoms with Crippen molar-refractivity contribution in [3.8, 4) is 11.3 Å². The van der Waals surface area contributed by atoms with Crippen LogP contribution in [0.25, 0.3) is 21.5 Å². The van der Waals surface area contributed by atoms with Gasteiger partial charge in [-0.15, -0.1) is 11.3 Å². The topological polar surface area (TPSA) is 107 Å². The summed E-state index contributed by atoms with van der Waals surface area (Å²) in [6, 6.07) is 7.75. The second-order valence-electron chi connectivity index (χ2n) is 5.71. The summed E-state index contributed by atoms with van der Waals surface area (Å²) in [4.78, 5) is 21.7. The van der Waals surface area contributed by atoms with Gasteiger partial charge in [-0.3, -0.25) is 4.79 Å². The monoisotopic (exact) mass is 359 g/mol. The van der Waals surface area contributed by atoms with Gasteiger partial charge in [-0.2, -0.15) is 0 Å². The zero-order chi connectivity index (χ0) is 16.8. The second kappa shape index (κ2) is 5.61. The summed E-state index contributed by atoms with van der Waals surface area (Å²) in [7, 11) is 0. The predicted molar refractivity (Wildman–Crippen MR) is 97.4 cm³/mol. The highest BCUT2D eigenvalue weighted by Crippen LogP contribution is 2.39. The quantitative estimate of drug-likeness (QED) is 0.662. The average molecular weight is 360 g/mol. The van der Waals surface area contributed by atoms with Crippen LogP contribution < -0.4 is 16.8 Å². The lowest BCUT2D eigenvalue weighted by molar-refractivity contribution is 0.100. The smallest absolute Gasteiger partial charge is 0.260 e. The molecule has 1 fully saturated rings. The van der Waals surface area contributed by atoms with Gasteiger partial charge < -0.3 is 16.8 Å². The summed E-state index contributed by atoms with van der Waals surface area (Å²) in [5, 5.41) is 4.52. The van der Waals surface area contributed by atoms with Crippen LogP contribution in [0.4, 0.5) is 11.6 Å². The molecule has 1 aliphatic carbocycles. The number of fused-ring (bicyclic) bond motifs is 1. The molecule has 0 bridgehead atoms. The number of carbonyl (C=O) groups excluding carboxylic acids is 1. The first-order valence-electron chi connectivity index (χ1n) is 7.45. The Morgan fingerprint density at radius 2 is 2.12 bits per heavy atom. The van der Waals surface area contributed by atoms with Crippen molar-refractivity contribution in [2.45, 2.75) is 18.9 Å². The summed E-state index contributed by atoms with van der Waals surface area (Å²) in [6.07, 6.45) is 2.21. The van der Waals surface area contributed by atoms with Crippen LogP contribution in [0.5, 0.6) is 0 Å². The molecule has 0 unspecified atom stereocenters. The first kappa shape index (κ1) is 15.2. The fraction of sp³-hybridized carbons (Fsp3) is 0.188. The Morgan fingerprint density at radius 3 is 2.79 bits per heavy atom. The number of nitrogen functional groups attached to an aromatic ring is 1. The number of hydrogen-bond donors (Lipinski definition) is 3. The molecule has 2 aromatic heterocycles. The largest absolute Gasteiger partial charge is 0.397 e. The van der Waals surface area contributed by atoms with Crippen LogP contribution >= 0.6 is 22.9 Å². The van der Waals surface area contributed by atoms with Crippen molar-refractivity contribution in [2.24, 2.45) is 5.73 Å². The number of amides is 1. The minimum absolute atomic E-state index is 0.297. The van der Waals surface area contributed by atoms with E-state index in [9.17, 15) is 4.79 Å². The average Bonchev–Trinajstić information content (AvgIpc) is 3.28. The SMILES string of the molecule is NC(=O)c1sc2nc(NC3CC3)nc(-c3cccc(Cl)c3)c2c1N. The van der Waals surface area contributed by atoms with Crippen molar-refractivity contribution in [3.63, 3.8) is 0 Å². The summed E-state index contributed by atoms with van der Waals surface area (Å²) < 4.78 is 0. The Labute approximate surface area is 146 Å². The maximum absolute atomic E-state index is 11.6. The molecule has 8 heteroatoms. The zero-order valence-corrected chi connectivity index (χ0v) is 14.1. The van der Waals surface area contributed by atoms with Gasteiger partial charge in [0.1, 0.15) is 9.71 Å². The number of carbonyl (C=O) groups is 1. The number of rotatable bonds is 4. The van der Waals surface area contributed by atoms with Crippen molar-refractivity contribution >= 4 is 50.7 Å². The first-order chi connectivity index (χ1) is 11.5. The van der Waals surface area contributed by atoms with Gasteiger partial charge in [0.25, 0.3) is 5.91 Å². The Kier molecular flexibility index (Phi) is 3.54. The minimum Gasteiger partial charge on any atom is -0.397 e. The number of nitrogens with two attached hydrogens (primary N) is 2. The number of primary amides is 1. The summed E-state index contributed by atoms with van der Waals surface area (Å²) in [5.41, 5.74) is 13.4. The molecule has 4 rings (SSSR count). The molecule has 122 valence electrons. The van der Waals surface area contributed by atoms with E-state index in [1.165, 1.54) is 11.3 Å². The van der Waals surface area contributed by atoms with Crippen LogP contribution in [0.1, 0.15) is 22.5 Å². The third-order valence-electron chi connectivity index (χ3n) is 3.82. The molecule has 24 heavy (non-hydrogen) atoms. The molecule has 6 nitrogen and oxygen atoms in total. The number of hydrogen-bond acceptors (Lipinski definition) is 6. The maximum Gasteiger partial charge on any atom is 0.260 e. The molecule has 0 saturated heterocycles. The summed E-state index contributed by atoms with van der Waals surface area (Å²) in [6.45, 7) is 0. The fourth-order valence-corrected chi connectivity index (χ4v) is 3.66. The molecule has 1 aliphatic rings. The van der Waals surface area contributed by atoms with Gasteiger partial charge in [0.15, 0.2) is 0 Å². The highest BCUT2D eigenvalue weighted by Gasteiger charge is 2.25. The van der Waals surface area contributed by atoms with E-state index >= 15 is 0 Å². The molecular formula is C16H14ClN5OS. The van der Waals surface area contributed by atoms with Crippen molar-refractivity contribution in [2.75, 3.05) is 11.1 Å². The molecule has 0 radical (unpaired) electrons. The van der Waals surface area contributed by atoms with Crippen LogP contribution in [-0.2, 0) is 0 Å². The lowest BCUT2D eigenvalue weighted by Gasteiger charge is -2.08. The molecule has 1 aromatic carbocycles. The number of thiophene rings is 1. The molecule has 1 saturated carbocycles. The van der Waals surface area contributed by atoms with Gasteiger partial charge in [-0.1, -0.05) is 23.7 Å². The number of nitrogens with one attached hydrogen (secondary N) is 1. The lowest BCUT2D eigenvalue weighted by Crippen LogP contribution is -2.10. The first-order valence-corrected chi connectivity index (χ1v) is 8.64. The number of anilines is 2. The zero-order valence-electron chi connectivity index (χ0n) is 12.5. The highest BCUT2D eigenvalue weighted by atomic mass is 35.5. The van der Waals surface area contributed by atoms with Gasteiger partial charge >= 0.3 is 0 Å². The summed E-state index contributed by atoms with van der Waals surface area (Å²) >= 11 is 7.30. The van der Waals surface area contributed by atoms with Crippen LogP contribution in [-0.4, -0.2) is 21.9 Å². The Morgan fingerprint density at radius 1 is 1.33 bits per heavy atom. The minimum atomic E-state index is -0.566. The number of halogens is 1. The fourth-order valence-electron chi connectivity index (χ4n) is 2.52. The van der Waals surface area contributed by atoms with E-state index in [0.29, 0.717) is 43.5 Å². The third kappa shape index (κ3) is 2.65. The molecule has 5 N–H and O–H groups in total. The van der Waals surface area contributed by atoms with Crippen LogP contribution in [0.2, 0.25) is 5.02 Å². The van der Waals surface area contributed by atoms with Crippen LogP contribution in [0.3, 0.4) is 0 Å². The van der Waals surface area contributed by atoms with E-state index in [1.54, 1.807) is 6.07 Å². The van der Waals surface area contributed by atoms with Gasteiger partial charge in [0, 0.05) is 16.6 Å². The van der Waals surface area contributed by atoms with E-state index in [4.69, 9.17) is 23.1 Å². The van der Waals surface area contributed by atoms with E-state index in [0.717, 1.165) is 18.4 Å². The number of aromatic nitrogens is 2. The molecule has 0 atom stereocenters. The van der Waals surface area contributed by atoms with Crippen molar-refractivity contribution in [1.29, 1.82) is 0 Å². The van der Waals surface area contributed by atoms with Crippen molar-refractivity contribution < 1.29 is 4.79 Å². The standard InChI is InChI=1S/C16H14ClN5OS/c17-8-3-1-2-7(6-8)12-10-11(18)13(14(19)23)24-15(10)22-16(21-12)20-9-4-5-9/h1-3,6,9H,4-5,18H2,(H2,19,23)(H,20,21,22). The molecule has 1 amide bonds. The van der Waals surface area contributed by atoms with Crippen LogP contribution in [0.15, 0.2) is 24.3 Å². The Balaban J connectivity index is 1.98. The molecule has 0 spiro atoms. The lowest BCUT2D eigenvalue weighted by atomic mass is 10.1.